The molecule has 2 atom stereocenters. The standard InChI is InChI=1S/C26H37N3O7S/c1-26(2,3)29-25(30)23(17-14-21(33-4)24(35-6)22(15-17)34-5)28-18-9-11-20(12-10-18)37(31,32)27-16-19-8-7-13-36-19/h9-12,14-15,19,23,27-28H,7-8,13,16H2,1-6H3,(H,29,30)/t19-,23+/m0/s1. The number of rotatable bonds is 11. The number of carbonyl (C=O) groups is 1. The van der Waals surface area contributed by atoms with Crippen LogP contribution in [0.25, 0.3) is 0 Å². The number of anilines is 1. The van der Waals surface area contributed by atoms with Crippen LogP contribution in [-0.2, 0) is 19.6 Å². The van der Waals surface area contributed by atoms with E-state index in [1.807, 2.05) is 20.8 Å². The minimum Gasteiger partial charge on any atom is -0.493 e. The van der Waals surface area contributed by atoms with Gasteiger partial charge >= 0.3 is 0 Å². The first-order chi connectivity index (χ1) is 17.5. The highest BCUT2D eigenvalue weighted by atomic mass is 32.2. The number of sulfonamides is 1. The number of hydrogen-bond acceptors (Lipinski definition) is 8. The third-order valence-corrected chi connectivity index (χ3v) is 7.22. The Morgan fingerprint density at radius 3 is 2.16 bits per heavy atom. The fraction of sp³-hybridized carbons (Fsp3) is 0.500. The Balaban J connectivity index is 1.88. The molecule has 204 valence electrons. The Morgan fingerprint density at radius 2 is 1.68 bits per heavy atom. The molecule has 1 amide bonds. The highest BCUT2D eigenvalue weighted by Crippen LogP contribution is 2.40. The zero-order chi connectivity index (χ0) is 27.2. The molecule has 11 heteroatoms. The summed E-state index contributed by atoms with van der Waals surface area (Å²) in [5, 5.41) is 6.20. The van der Waals surface area contributed by atoms with E-state index in [9.17, 15) is 13.2 Å². The zero-order valence-electron chi connectivity index (χ0n) is 22.2. The third-order valence-electron chi connectivity index (χ3n) is 5.78. The van der Waals surface area contributed by atoms with Crippen molar-refractivity contribution in [1.29, 1.82) is 0 Å². The van der Waals surface area contributed by atoms with Crippen molar-refractivity contribution in [2.75, 3.05) is 39.8 Å². The molecule has 3 rings (SSSR count). The van der Waals surface area contributed by atoms with E-state index in [0.29, 0.717) is 35.1 Å². The molecular formula is C26H37N3O7S. The predicted molar refractivity (Wildman–Crippen MR) is 141 cm³/mol. The van der Waals surface area contributed by atoms with Crippen molar-refractivity contribution in [3.8, 4) is 17.2 Å². The molecule has 0 aromatic heterocycles. The SMILES string of the molecule is COc1cc([C@@H](Nc2ccc(S(=O)(=O)NC[C@@H]3CCCO3)cc2)C(=O)NC(C)(C)C)cc(OC)c1OC. The summed E-state index contributed by atoms with van der Waals surface area (Å²) in [5.74, 6) is 0.947. The summed E-state index contributed by atoms with van der Waals surface area (Å²) in [6, 6.07) is 8.80. The molecule has 1 aliphatic rings. The normalized spacial score (nSPS) is 16.6. The fourth-order valence-electron chi connectivity index (χ4n) is 4.00. The number of methoxy groups -OCH3 is 3. The summed E-state index contributed by atoms with van der Waals surface area (Å²) in [6.45, 7) is 6.56. The highest BCUT2D eigenvalue weighted by Gasteiger charge is 2.28. The van der Waals surface area contributed by atoms with Gasteiger partial charge in [-0.05, 0) is 75.6 Å². The van der Waals surface area contributed by atoms with Gasteiger partial charge in [0.2, 0.25) is 21.7 Å². The van der Waals surface area contributed by atoms with Crippen LogP contribution in [-0.4, -0.2) is 60.4 Å². The number of nitrogens with one attached hydrogen (secondary N) is 3. The van der Waals surface area contributed by atoms with Crippen LogP contribution in [0, 0.1) is 0 Å². The van der Waals surface area contributed by atoms with Crippen LogP contribution in [0.3, 0.4) is 0 Å². The lowest BCUT2D eigenvalue weighted by Gasteiger charge is -2.27. The lowest BCUT2D eigenvalue weighted by molar-refractivity contribution is -0.123. The van der Waals surface area contributed by atoms with E-state index in [2.05, 4.69) is 15.4 Å². The van der Waals surface area contributed by atoms with Gasteiger partial charge in [0.05, 0.1) is 32.3 Å². The number of ether oxygens (including phenoxy) is 4. The summed E-state index contributed by atoms with van der Waals surface area (Å²) < 4.78 is 49.9. The average Bonchev–Trinajstić information content (AvgIpc) is 3.38. The van der Waals surface area contributed by atoms with Gasteiger partial charge in [0.25, 0.3) is 0 Å². The molecule has 0 radical (unpaired) electrons. The summed E-state index contributed by atoms with van der Waals surface area (Å²) >= 11 is 0. The van der Waals surface area contributed by atoms with Gasteiger partial charge in [-0.2, -0.15) is 0 Å². The van der Waals surface area contributed by atoms with Crippen molar-refractivity contribution in [2.24, 2.45) is 0 Å². The number of carbonyl (C=O) groups excluding carboxylic acids is 1. The molecule has 1 aliphatic heterocycles. The summed E-state index contributed by atoms with van der Waals surface area (Å²) in [4.78, 5) is 13.5. The third kappa shape index (κ3) is 7.50. The molecule has 3 N–H and O–H groups in total. The van der Waals surface area contributed by atoms with Crippen LogP contribution in [0.1, 0.15) is 45.2 Å². The quantitative estimate of drug-likeness (QED) is 0.401. The van der Waals surface area contributed by atoms with E-state index in [0.717, 1.165) is 12.8 Å². The van der Waals surface area contributed by atoms with Crippen LogP contribution in [0.15, 0.2) is 41.3 Å². The van der Waals surface area contributed by atoms with Crippen molar-refractivity contribution >= 4 is 21.6 Å². The Morgan fingerprint density at radius 1 is 1.05 bits per heavy atom. The van der Waals surface area contributed by atoms with Crippen molar-refractivity contribution in [3.63, 3.8) is 0 Å². The second-order valence-corrected chi connectivity index (χ2v) is 11.6. The van der Waals surface area contributed by atoms with E-state index in [1.54, 1.807) is 24.3 Å². The van der Waals surface area contributed by atoms with Crippen LogP contribution in [0.4, 0.5) is 5.69 Å². The van der Waals surface area contributed by atoms with Gasteiger partial charge in [0.1, 0.15) is 6.04 Å². The molecule has 37 heavy (non-hydrogen) atoms. The lowest BCUT2D eigenvalue weighted by Crippen LogP contribution is -2.44. The van der Waals surface area contributed by atoms with Gasteiger partial charge in [0.15, 0.2) is 11.5 Å². The van der Waals surface area contributed by atoms with E-state index in [1.165, 1.54) is 33.5 Å². The zero-order valence-corrected chi connectivity index (χ0v) is 23.0. The van der Waals surface area contributed by atoms with Crippen molar-refractivity contribution in [3.05, 3.63) is 42.0 Å². The molecule has 1 heterocycles. The Bertz CT molecular complexity index is 1150. The van der Waals surface area contributed by atoms with E-state index in [4.69, 9.17) is 18.9 Å². The molecule has 0 saturated carbocycles. The molecular weight excluding hydrogens is 498 g/mol. The molecule has 1 fully saturated rings. The lowest BCUT2D eigenvalue weighted by atomic mass is 10.0. The number of amides is 1. The summed E-state index contributed by atoms with van der Waals surface area (Å²) in [6.07, 6.45) is 1.67. The van der Waals surface area contributed by atoms with Gasteiger partial charge in [-0.15, -0.1) is 0 Å². The smallest absolute Gasteiger partial charge is 0.247 e. The van der Waals surface area contributed by atoms with E-state index < -0.39 is 21.6 Å². The fourth-order valence-corrected chi connectivity index (χ4v) is 5.06. The summed E-state index contributed by atoms with van der Waals surface area (Å²) in [7, 11) is 0.822. The molecule has 1 saturated heterocycles. The predicted octanol–water partition coefficient (Wildman–Crippen LogP) is 3.24. The summed E-state index contributed by atoms with van der Waals surface area (Å²) in [5.41, 5.74) is 0.650. The van der Waals surface area contributed by atoms with E-state index in [-0.39, 0.29) is 23.5 Å². The van der Waals surface area contributed by atoms with Crippen molar-refractivity contribution in [1.82, 2.24) is 10.0 Å². The molecule has 0 aliphatic carbocycles. The van der Waals surface area contributed by atoms with Crippen LogP contribution in [0.5, 0.6) is 17.2 Å². The Labute approximate surface area is 219 Å². The number of benzene rings is 2. The average molecular weight is 536 g/mol. The van der Waals surface area contributed by atoms with Crippen LogP contribution < -0.4 is 29.6 Å². The first-order valence-corrected chi connectivity index (χ1v) is 13.6. The largest absolute Gasteiger partial charge is 0.493 e. The van der Waals surface area contributed by atoms with Crippen LogP contribution in [0.2, 0.25) is 0 Å². The van der Waals surface area contributed by atoms with Crippen molar-refractivity contribution < 1.29 is 32.2 Å². The van der Waals surface area contributed by atoms with Gasteiger partial charge in [-0.1, -0.05) is 0 Å². The molecule has 0 unspecified atom stereocenters. The maximum Gasteiger partial charge on any atom is 0.247 e. The molecule has 0 spiro atoms. The molecule has 10 nitrogen and oxygen atoms in total. The Hall–Kier alpha value is -3.02. The van der Waals surface area contributed by atoms with Gasteiger partial charge in [-0.3, -0.25) is 4.79 Å². The number of hydrogen-bond donors (Lipinski definition) is 3. The molecule has 0 bridgehead atoms. The van der Waals surface area contributed by atoms with Gasteiger partial charge < -0.3 is 29.6 Å². The Kier molecular flexibility index (Phi) is 9.27. The first kappa shape index (κ1) is 28.5. The van der Waals surface area contributed by atoms with Gasteiger partial charge in [0, 0.05) is 24.4 Å². The van der Waals surface area contributed by atoms with Crippen molar-refractivity contribution in [2.45, 2.75) is 56.2 Å². The van der Waals surface area contributed by atoms with Gasteiger partial charge in [-0.25, -0.2) is 13.1 Å². The topological polar surface area (TPSA) is 124 Å². The molecule has 2 aromatic carbocycles. The second-order valence-electron chi connectivity index (χ2n) is 9.79. The maximum absolute atomic E-state index is 13.4. The second kappa shape index (κ2) is 12.0. The van der Waals surface area contributed by atoms with Crippen LogP contribution >= 0.6 is 0 Å². The minimum atomic E-state index is -3.70. The molecule has 2 aromatic rings. The van der Waals surface area contributed by atoms with E-state index >= 15 is 0 Å². The maximum atomic E-state index is 13.4. The highest BCUT2D eigenvalue weighted by molar-refractivity contribution is 7.89. The monoisotopic (exact) mass is 535 g/mol. The minimum absolute atomic E-state index is 0.101. The first-order valence-electron chi connectivity index (χ1n) is 12.1.